The number of likely N-dealkylation sites (tertiary alicyclic amines) is 2. The predicted molar refractivity (Wildman–Crippen MR) is 106 cm³/mol. The predicted octanol–water partition coefficient (Wildman–Crippen LogP) is 1.35. The number of amides is 5. The fourth-order valence-corrected chi connectivity index (χ4v) is 5.49. The molecule has 160 valence electrons. The molecule has 0 aromatic heterocycles. The molecule has 1 aliphatic carbocycles. The van der Waals surface area contributed by atoms with Gasteiger partial charge in [-0.3, -0.25) is 19.3 Å². The molecule has 5 amide bonds. The van der Waals surface area contributed by atoms with Crippen LogP contribution in [0.3, 0.4) is 0 Å². The van der Waals surface area contributed by atoms with Crippen molar-refractivity contribution in [3.05, 3.63) is 0 Å². The maximum Gasteiger partial charge on any atom is 0.325 e. The van der Waals surface area contributed by atoms with Crippen molar-refractivity contribution in [2.45, 2.75) is 57.8 Å². The van der Waals surface area contributed by atoms with Crippen molar-refractivity contribution in [1.29, 1.82) is 0 Å². The molecule has 4 fully saturated rings. The standard InChI is InChI=1S/C21H32N4O4/c26-17-13-22-20(29)25(17)14-18(27)24-12-9-21(15-24)8-4-10-23(19(21)28)11-7-16-5-2-1-3-6-16/h16H,1-15H2,(H,22,29)/t21-/m1/s1. The van der Waals surface area contributed by atoms with Crippen molar-refractivity contribution < 1.29 is 19.2 Å². The zero-order chi connectivity index (χ0) is 20.4. The highest BCUT2D eigenvalue weighted by molar-refractivity contribution is 6.04. The number of nitrogens with zero attached hydrogens (tertiary/aromatic N) is 3. The number of urea groups is 1. The van der Waals surface area contributed by atoms with Crippen molar-refractivity contribution in [1.82, 2.24) is 20.0 Å². The summed E-state index contributed by atoms with van der Waals surface area (Å²) in [5.74, 6) is 0.323. The van der Waals surface area contributed by atoms with Gasteiger partial charge in [-0.2, -0.15) is 0 Å². The van der Waals surface area contributed by atoms with Gasteiger partial charge in [0.05, 0.1) is 12.0 Å². The van der Waals surface area contributed by atoms with Crippen LogP contribution in [0.4, 0.5) is 4.79 Å². The van der Waals surface area contributed by atoms with Crippen LogP contribution in [0.25, 0.3) is 0 Å². The molecule has 3 heterocycles. The van der Waals surface area contributed by atoms with Gasteiger partial charge in [0.15, 0.2) is 0 Å². The number of imide groups is 1. The number of piperidine rings is 1. The Kier molecular flexibility index (Phi) is 5.79. The van der Waals surface area contributed by atoms with E-state index >= 15 is 0 Å². The van der Waals surface area contributed by atoms with Gasteiger partial charge in [-0.05, 0) is 31.6 Å². The second-order valence-electron chi connectivity index (χ2n) is 9.17. The highest BCUT2D eigenvalue weighted by Crippen LogP contribution is 2.40. The van der Waals surface area contributed by atoms with Gasteiger partial charge in [0.25, 0.3) is 5.91 Å². The van der Waals surface area contributed by atoms with E-state index in [1.807, 2.05) is 4.90 Å². The van der Waals surface area contributed by atoms with Crippen LogP contribution in [0.5, 0.6) is 0 Å². The van der Waals surface area contributed by atoms with E-state index in [1.54, 1.807) is 4.90 Å². The fourth-order valence-electron chi connectivity index (χ4n) is 5.49. The average Bonchev–Trinajstić information content (AvgIpc) is 3.29. The van der Waals surface area contributed by atoms with Crippen molar-refractivity contribution in [2.75, 3.05) is 39.3 Å². The number of nitrogens with one attached hydrogen (secondary N) is 1. The summed E-state index contributed by atoms with van der Waals surface area (Å²) < 4.78 is 0. The minimum Gasteiger partial charge on any atom is -0.342 e. The number of carbonyl (C=O) groups excluding carboxylic acids is 4. The molecule has 3 saturated heterocycles. The Morgan fingerprint density at radius 1 is 1.03 bits per heavy atom. The Morgan fingerprint density at radius 2 is 1.83 bits per heavy atom. The van der Waals surface area contributed by atoms with Crippen LogP contribution < -0.4 is 5.32 Å². The molecule has 0 aromatic rings. The van der Waals surface area contributed by atoms with Crippen molar-refractivity contribution in [3.8, 4) is 0 Å². The van der Waals surface area contributed by atoms with Crippen molar-refractivity contribution in [3.63, 3.8) is 0 Å². The first kappa shape index (κ1) is 20.2. The lowest BCUT2D eigenvalue weighted by atomic mass is 9.78. The lowest BCUT2D eigenvalue weighted by Gasteiger charge is -2.40. The summed E-state index contributed by atoms with van der Waals surface area (Å²) in [6.07, 6.45) is 10.1. The van der Waals surface area contributed by atoms with E-state index in [4.69, 9.17) is 0 Å². The molecule has 29 heavy (non-hydrogen) atoms. The average molecular weight is 405 g/mol. The summed E-state index contributed by atoms with van der Waals surface area (Å²) in [6, 6.07) is -0.514. The van der Waals surface area contributed by atoms with Gasteiger partial charge in [0.1, 0.15) is 6.54 Å². The number of hydrogen-bond donors (Lipinski definition) is 1. The van der Waals surface area contributed by atoms with Crippen LogP contribution >= 0.6 is 0 Å². The molecule has 4 rings (SSSR count). The van der Waals surface area contributed by atoms with Gasteiger partial charge >= 0.3 is 6.03 Å². The molecule has 1 saturated carbocycles. The molecular formula is C21H32N4O4. The molecule has 1 atom stereocenters. The van der Waals surface area contributed by atoms with E-state index in [0.717, 1.165) is 43.2 Å². The van der Waals surface area contributed by atoms with Gasteiger partial charge in [-0.15, -0.1) is 0 Å². The second-order valence-corrected chi connectivity index (χ2v) is 9.17. The molecule has 4 aliphatic rings. The van der Waals surface area contributed by atoms with Crippen LogP contribution in [0.15, 0.2) is 0 Å². The highest BCUT2D eigenvalue weighted by atomic mass is 16.2. The SMILES string of the molecule is O=C(CN1C(=O)CNC1=O)N1CC[C@]2(CCCN(CCC3CCCCC3)C2=O)C1. The van der Waals surface area contributed by atoms with Crippen LogP contribution in [0.2, 0.25) is 0 Å². The first-order valence-corrected chi connectivity index (χ1v) is 11.1. The lowest BCUT2D eigenvalue weighted by molar-refractivity contribution is -0.146. The molecule has 8 nitrogen and oxygen atoms in total. The molecular weight excluding hydrogens is 372 g/mol. The highest BCUT2D eigenvalue weighted by Gasteiger charge is 2.49. The lowest BCUT2D eigenvalue weighted by Crippen LogP contribution is -2.51. The molecule has 0 bridgehead atoms. The number of hydrogen-bond acceptors (Lipinski definition) is 4. The van der Waals surface area contributed by atoms with E-state index in [1.165, 1.54) is 32.1 Å². The van der Waals surface area contributed by atoms with Gasteiger partial charge in [-0.1, -0.05) is 32.1 Å². The van der Waals surface area contributed by atoms with Crippen LogP contribution in [-0.2, 0) is 14.4 Å². The fraction of sp³-hybridized carbons (Fsp3) is 0.810. The summed E-state index contributed by atoms with van der Waals surface area (Å²) in [7, 11) is 0. The summed E-state index contributed by atoms with van der Waals surface area (Å²) in [5, 5.41) is 2.43. The Hall–Kier alpha value is -2.12. The van der Waals surface area contributed by atoms with E-state index in [0.29, 0.717) is 19.5 Å². The van der Waals surface area contributed by atoms with E-state index < -0.39 is 11.4 Å². The van der Waals surface area contributed by atoms with Crippen LogP contribution in [-0.4, -0.2) is 77.7 Å². The van der Waals surface area contributed by atoms with Gasteiger partial charge in [0, 0.05) is 26.2 Å². The topological polar surface area (TPSA) is 90.0 Å². The van der Waals surface area contributed by atoms with Crippen LogP contribution in [0, 0.1) is 11.3 Å². The van der Waals surface area contributed by atoms with E-state index in [9.17, 15) is 19.2 Å². The summed E-state index contributed by atoms with van der Waals surface area (Å²) in [4.78, 5) is 54.1. The monoisotopic (exact) mass is 404 g/mol. The molecule has 0 radical (unpaired) electrons. The zero-order valence-corrected chi connectivity index (χ0v) is 17.2. The summed E-state index contributed by atoms with van der Waals surface area (Å²) >= 11 is 0. The Balaban J connectivity index is 1.33. The first-order chi connectivity index (χ1) is 14.0. The van der Waals surface area contributed by atoms with Crippen LogP contribution in [0.1, 0.15) is 57.8 Å². The van der Waals surface area contributed by atoms with Crippen molar-refractivity contribution in [2.24, 2.45) is 11.3 Å². The summed E-state index contributed by atoms with van der Waals surface area (Å²) in [6.45, 7) is 2.30. The number of carbonyl (C=O) groups is 4. The normalized spacial score (nSPS) is 28.6. The smallest absolute Gasteiger partial charge is 0.325 e. The quantitative estimate of drug-likeness (QED) is 0.701. The molecule has 3 aliphatic heterocycles. The Bertz CT molecular complexity index is 674. The maximum absolute atomic E-state index is 13.3. The number of rotatable bonds is 5. The van der Waals surface area contributed by atoms with E-state index in [2.05, 4.69) is 5.32 Å². The minimum atomic E-state index is -0.514. The largest absolute Gasteiger partial charge is 0.342 e. The third-order valence-corrected chi connectivity index (χ3v) is 7.29. The van der Waals surface area contributed by atoms with Crippen molar-refractivity contribution >= 4 is 23.8 Å². The van der Waals surface area contributed by atoms with Gasteiger partial charge in [-0.25, -0.2) is 4.79 Å². The van der Waals surface area contributed by atoms with Gasteiger partial charge < -0.3 is 15.1 Å². The maximum atomic E-state index is 13.3. The first-order valence-electron chi connectivity index (χ1n) is 11.1. The van der Waals surface area contributed by atoms with Gasteiger partial charge in [0.2, 0.25) is 11.8 Å². The molecule has 1 N–H and O–H groups in total. The molecule has 1 spiro atoms. The Morgan fingerprint density at radius 3 is 2.55 bits per heavy atom. The molecule has 0 unspecified atom stereocenters. The minimum absolute atomic E-state index is 0.0511. The molecule has 0 aromatic carbocycles. The Labute approximate surface area is 171 Å². The molecule has 8 heteroatoms. The second kappa shape index (κ2) is 8.32. The third kappa shape index (κ3) is 4.12. The summed E-state index contributed by atoms with van der Waals surface area (Å²) in [5.41, 5.74) is -0.474. The zero-order valence-electron chi connectivity index (χ0n) is 17.2. The third-order valence-electron chi connectivity index (χ3n) is 7.29. The van der Waals surface area contributed by atoms with E-state index in [-0.39, 0.29) is 30.8 Å².